The average molecular weight is 451 g/mol. The number of nitrogens with one attached hydrogen (secondary N) is 1. The Balaban J connectivity index is 1.66. The predicted octanol–water partition coefficient (Wildman–Crippen LogP) is 4.65. The molecule has 1 heterocycles. The Bertz CT molecular complexity index is 907. The molecule has 0 unspecified atom stereocenters. The topological polar surface area (TPSA) is 50.8 Å². The molecule has 1 N–H and O–H groups in total. The molecule has 0 atom stereocenters. The van der Waals surface area contributed by atoms with Crippen molar-refractivity contribution in [2.24, 2.45) is 0 Å². The molecule has 1 fully saturated rings. The largest absolute Gasteiger partial charge is 0.573 e. The summed E-state index contributed by atoms with van der Waals surface area (Å²) < 4.78 is 63.9. The quantitative estimate of drug-likeness (QED) is 0.512. The zero-order valence-corrected chi connectivity index (χ0v) is 16.5. The molecule has 29 heavy (non-hydrogen) atoms. The number of ether oxygens (including phenoxy) is 2. The molecule has 1 saturated heterocycles. The number of carbonyl (C=O) groups is 1. The first-order chi connectivity index (χ1) is 13.7. The molecule has 11 heteroatoms. The lowest BCUT2D eigenvalue weighted by molar-refractivity contribution is -0.274. The van der Waals surface area contributed by atoms with Gasteiger partial charge in [-0.25, -0.2) is 4.39 Å². The highest BCUT2D eigenvalue weighted by Crippen LogP contribution is 2.36. The Morgan fingerprint density at radius 3 is 2.59 bits per heavy atom. The lowest BCUT2D eigenvalue weighted by Crippen LogP contribution is -2.54. The highest BCUT2D eigenvalue weighted by molar-refractivity contribution is 7.97. The van der Waals surface area contributed by atoms with Crippen LogP contribution < -0.4 is 19.1 Å². The zero-order valence-electron chi connectivity index (χ0n) is 14.9. The Morgan fingerprint density at radius 2 is 1.93 bits per heavy atom. The fourth-order valence-corrected chi connectivity index (χ4v) is 3.26. The van der Waals surface area contributed by atoms with Gasteiger partial charge in [-0.3, -0.25) is 9.52 Å². The van der Waals surface area contributed by atoms with Crippen molar-refractivity contribution in [2.45, 2.75) is 12.5 Å². The second-order valence-electron chi connectivity index (χ2n) is 6.06. The van der Waals surface area contributed by atoms with Crippen molar-refractivity contribution in [3.63, 3.8) is 0 Å². The van der Waals surface area contributed by atoms with Crippen molar-refractivity contribution in [3.05, 3.63) is 52.8 Å². The second-order valence-corrected chi connectivity index (χ2v) is 7.08. The summed E-state index contributed by atoms with van der Waals surface area (Å²) in [5.74, 6) is -1.68. The van der Waals surface area contributed by atoms with Gasteiger partial charge in [0.25, 0.3) is 5.91 Å². The standard InChI is InChI=1S/C18H15ClF4N2O3S/c1-29-24-17(26)11-6-12(19)16(7-13(11)20)27-10-8-25(9-10)14-4-2-3-5-15(14)28-18(21,22)23/h2-7,10H,8-9H2,1H3,(H,24,26). The minimum absolute atomic E-state index is 0.0503. The third-order valence-electron chi connectivity index (χ3n) is 4.03. The molecule has 0 saturated carbocycles. The van der Waals surface area contributed by atoms with E-state index in [1.807, 2.05) is 0 Å². The third-order valence-corrected chi connectivity index (χ3v) is 4.72. The first-order valence-electron chi connectivity index (χ1n) is 8.26. The predicted molar refractivity (Wildman–Crippen MR) is 102 cm³/mol. The molecule has 1 aliphatic rings. The SMILES string of the molecule is CSNC(=O)c1cc(Cl)c(OC2CN(c3ccccc3OC(F)(F)F)C2)cc1F. The first kappa shape index (κ1) is 21.4. The minimum atomic E-state index is -4.80. The van der Waals surface area contributed by atoms with Crippen molar-refractivity contribution in [2.75, 3.05) is 24.2 Å². The Kier molecular flexibility index (Phi) is 6.33. The van der Waals surface area contributed by atoms with Crippen molar-refractivity contribution >= 4 is 35.1 Å². The Labute approximate surface area is 173 Å². The number of amides is 1. The van der Waals surface area contributed by atoms with Crippen LogP contribution in [0.3, 0.4) is 0 Å². The minimum Gasteiger partial charge on any atom is -0.485 e. The normalized spacial score (nSPS) is 14.3. The molecular weight excluding hydrogens is 436 g/mol. The van der Waals surface area contributed by atoms with Crippen LogP contribution in [-0.2, 0) is 0 Å². The van der Waals surface area contributed by atoms with Crippen LogP contribution in [0, 0.1) is 5.82 Å². The van der Waals surface area contributed by atoms with Crippen LogP contribution in [0.2, 0.25) is 5.02 Å². The molecule has 3 rings (SSSR count). The van der Waals surface area contributed by atoms with E-state index >= 15 is 0 Å². The lowest BCUT2D eigenvalue weighted by Gasteiger charge is -2.41. The van der Waals surface area contributed by atoms with E-state index in [4.69, 9.17) is 16.3 Å². The van der Waals surface area contributed by atoms with E-state index in [1.54, 1.807) is 17.2 Å². The summed E-state index contributed by atoms with van der Waals surface area (Å²) in [5, 5.41) is 0.0527. The van der Waals surface area contributed by atoms with Gasteiger partial charge in [0.15, 0.2) is 5.75 Å². The van der Waals surface area contributed by atoms with Crippen LogP contribution >= 0.6 is 23.5 Å². The van der Waals surface area contributed by atoms with Gasteiger partial charge in [-0.1, -0.05) is 35.7 Å². The van der Waals surface area contributed by atoms with Crippen molar-refractivity contribution in [1.29, 1.82) is 0 Å². The monoisotopic (exact) mass is 450 g/mol. The van der Waals surface area contributed by atoms with Crippen LogP contribution in [0.4, 0.5) is 23.2 Å². The van der Waals surface area contributed by atoms with Gasteiger partial charge in [-0.2, -0.15) is 0 Å². The highest BCUT2D eigenvalue weighted by atomic mass is 35.5. The molecule has 0 aromatic heterocycles. The van der Waals surface area contributed by atoms with E-state index in [2.05, 4.69) is 9.46 Å². The highest BCUT2D eigenvalue weighted by Gasteiger charge is 2.36. The maximum Gasteiger partial charge on any atom is 0.573 e. The number of para-hydroxylation sites is 2. The van der Waals surface area contributed by atoms with E-state index in [0.29, 0.717) is 0 Å². The van der Waals surface area contributed by atoms with Gasteiger partial charge in [-0.05, 0) is 18.2 Å². The van der Waals surface area contributed by atoms with Gasteiger partial charge in [0.2, 0.25) is 0 Å². The smallest absolute Gasteiger partial charge is 0.485 e. The summed E-state index contributed by atoms with van der Waals surface area (Å²) in [6.07, 6.45) is -3.60. The van der Waals surface area contributed by atoms with E-state index in [-0.39, 0.29) is 40.9 Å². The van der Waals surface area contributed by atoms with Crippen molar-refractivity contribution in [1.82, 2.24) is 4.72 Å². The van der Waals surface area contributed by atoms with Crippen LogP contribution in [0.1, 0.15) is 10.4 Å². The van der Waals surface area contributed by atoms with Gasteiger partial charge < -0.3 is 14.4 Å². The van der Waals surface area contributed by atoms with Crippen LogP contribution in [-0.4, -0.2) is 37.7 Å². The molecular formula is C18H15ClF4N2O3S. The lowest BCUT2D eigenvalue weighted by atomic mass is 10.1. The van der Waals surface area contributed by atoms with Gasteiger partial charge in [0.05, 0.1) is 29.4 Å². The van der Waals surface area contributed by atoms with Crippen LogP contribution in [0.15, 0.2) is 36.4 Å². The van der Waals surface area contributed by atoms with Gasteiger partial charge in [0.1, 0.15) is 17.7 Å². The fourth-order valence-electron chi connectivity index (χ4n) is 2.76. The summed E-state index contributed by atoms with van der Waals surface area (Å²) >= 11 is 7.11. The summed E-state index contributed by atoms with van der Waals surface area (Å²) in [6, 6.07) is 7.94. The number of nitrogens with zero attached hydrogens (tertiary/aromatic N) is 1. The molecule has 0 bridgehead atoms. The summed E-state index contributed by atoms with van der Waals surface area (Å²) in [7, 11) is 0. The van der Waals surface area contributed by atoms with E-state index in [9.17, 15) is 22.4 Å². The number of rotatable bonds is 6. The number of hydrogen-bond donors (Lipinski definition) is 1. The zero-order chi connectivity index (χ0) is 21.2. The fraction of sp³-hybridized carbons (Fsp3) is 0.278. The number of benzene rings is 2. The number of hydrogen-bond acceptors (Lipinski definition) is 5. The first-order valence-corrected chi connectivity index (χ1v) is 9.87. The van der Waals surface area contributed by atoms with E-state index < -0.39 is 24.2 Å². The van der Waals surface area contributed by atoms with E-state index in [1.165, 1.54) is 24.3 Å². The molecule has 5 nitrogen and oxygen atoms in total. The van der Waals surface area contributed by atoms with Crippen molar-refractivity contribution < 1.29 is 31.8 Å². The molecule has 0 radical (unpaired) electrons. The summed E-state index contributed by atoms with van der Waals surface area (Å²) in [4.78, 5) is 13.4. The molecule has 2 aromatic carbocycles. The number of carbonyl (C=O) groups excluding carboxylic acids is 1. The maximum atomic E-state index is 14.2. The molecule has 1 aliphatic heterocycles. The van der Waals surface area contributed by atoms with Crippen LogP contribution in [0.25, 0.3) is 0 Å². The Hall–Kier alpha value is -2.33. The third kappa shape index (κ3) is 5.18. The molecule has 1 amide bonds. The number of anilines is 1. The summed E-state index contributed by atoms with van der Waals surface area (Å²) in [6.45, 7) is 0.510. The summed E-state index contributed by atoms with van der Waals surface area (Å²) in [5.41, 5.74) is 0.0520. The molecule has 0 spiro atoms. The number of halogens is 5. The second kappa shape index (κ2) is 8.58. The van der Waals surface area contributed by atoms with Gasteiger partial charge in [-0.15, -0.1) is 13.2 Å². The van der Waals surface area contributed by atoms with Gasteiger partial charge in [0, 0.05) is 12.3 Å². The van der Waals surface area contributed by atoms with E-state index in [0.717, 1.165) is 18.0 Å². The molecule has 2 aromatic rings. The van der Waals surface area contributed by atoms with Crippen molar-refractivity contribution in [3.8, 4) is 11.5 Å². The maximum absolute atomic E-state index is 14.2. The average Bonchev–Trinajstić information content (AvgIpc) is 2.60. The Morgan fingerprint density at radius 1 is 1.24 bits per heavy atom. The van der Waals surface area contributed by atoms with Crippen LogP contribution in [0.5, 0.6) is 11.5 Å². The molecule has 156 valence electrons. The van der Waals surface area contributed by atoms with Gasteiger partial charge >= 0.3 is 6.36 Å². The number of alkyl halides is 3. The molecule has 0 aliphatic carbocycles.